The minimum absolute atomic E-state index is 0.120. The molecule has 0 heterocycles. The Hall–Kier alpha value is -2.10. The quantitative estimate of drug-likeness (QED) is 0.515. The van der Waals surface area contributed by atoms with Crippen LogP contribution in [0.1, 0.15) is 39.2 Å². The number of hydrogen-bond donors (Lipinski definition) is 0. The maximum absolute atomic E-state index is 13.1. The third kappa shape index (κ3) is 4.47. The van der Waals surface area contributed by atoms with E-state index in [0.29, 0.717) is 26.2 Å². The van der Waals surface area contributed by atoms with Crippen LogP contribution in [0, 0.1) is 5.92 Å². The van der Waals surface area contributed by atoms with Crippen LogP contribution in [0.2, 0.25) is 0 Å². The molecule has 1 aromatic carbocycles. The zero-order valence-electron chi connectivity index (χ0n) is 15.4. The zero-order valence-corrected chi connectivity index (χ0v) is 15.4. The first kappa shape index (κ1) is 19.9. The van der Waals surface area contributed by atoms with Gasteiger partial charge in [-0.15, -0.1) is 6.58 Å². The largest absolute Gasteiger partial charge is 0.343 e. The Morgan fingerprint density at radius 2 is 1.33 bits per heavy atom. The van der Waals surface area contributed by atoms with Crippen molar-refractivity contribution < 1.29 is 9.59 Å². The van der Waals surface area contributed by atoms with Gasteiger partial charge in [-0.3, -0.25) is 9.59 Å². The third-order valence-electron chi connectivity index (χ3n) is 4.48. The van der Waals surface area contributed by atoms with Crippen molar-refractivity contribution in [3.63, 3.8) is 0 Å². The summed E-state index contributed by atoms with van der Waals surface area (Å²) in [6, 6.07) is 9.67. The monoisotopic (exact) mass is 330 g/mol. The van der Waals surface area contributed by atoms with Gasteiger partial charge in [-0.25, -0.2) is 0 Å². The SMILES string of the molecule is C=CC(c1ccccc1)C(C(=O)N(CC)CC)C(=O)N(CC)CC. The van der Waals surface area contributed by atoms with Crippen molar-refractivity contribution in [3.8, 4) is 0 Å². The van der Waals surface area contributed by atoms with Gasteiger partial charge in [0.25, 0.3) is 0 Å². The normalized spacial score (nSPS) is 11.9. The summed E-state index contributed by atoms with van der Waals surface area (Å²) in [4.78, 5) is 29.6. The van der Waals surface area contributed by atoms with Gasteiger partial charge in [0.05, 0.1) is 0 Å². The highest BCUT2D eigenvalue weighted by atomic mass is 16.2. The Morgan fingerprint density at radius 3 is 1.67 bits per heavy atom. The maximum atomic E-state index is 13.1. The molecule has 0 spiro atoms. The van der Waals surface area contributed by atoms with Gasteiger partial charge in [0.1, 0.15) is 5.92 Å². The first-order chi connectivity index (χ1) is 11.5. The van der Waals surface area contributed by atoms with Crippen LogP contribution in [0.4, 0.5) is 0 Å². The lowest BCUT2D eigenvalue weighted by Crippen LogP contribution is -2.47. The average molecular weight is 330 g/mol. The highest BCUT2D eigenvalue weighted by Gasteiger charge is 2.38. The summed E-state index contributed by atoms with van der Waals surface area (Å²) in [6.45, 7) is 14.0. The number of nitrogens with zero attached hydrogens (tertiary/aromatic N) is 2. The summed E-state index contributed by atoms with van der Waals surface area (Å²) in [5.41, 5.74) is 0.943. The summed E-state index contributed by atoms with van der Waals surface area (Å²) < 4.78 is 0. The molecule has 0 radical (unpaired) electrons. The fourth-order valence-corrected chi connectivity index (χ4v) is 3.02. The van der Waals surface area contributed by atoms with Crippen molar-refractivity contribution in [3.05, 3.63) is 48.6 Å². The molecule has 4 heteroatoms. The summed E-state index contributed by atoms with van der Waals surface area (Å²) in [5, 5.41) is 0. The third-order valence-corrected chi connectivity index (χ3v) is 4.48. The van der Waals surface area contributed by atoms with E-state index in [2.05, 4.69) is 6.58 Å². The van der Waals surface area contributed by atoms with Gasteiger partial charge in [0, 0.05) is 32.1 Å². The first-order valence-corrected chi connectivity index (χ1v) is 8.80. The van der Waals surface area contributed by atoms with Gasteiger partial charge in [0.2, 0.25) is 11.8 Å². The lowest BCUT2D eigenvalue weighted by Gasteiger charge is -2.32. The van der Waals surface area contributed by atoms with E-state index in [4.69, 9.17) is 0 Å². The fourth-order valence-electron chi connectivity index (χ4n) is 3.02. The Balaban J connectivity index is 3.32. The molecule has 24 heavy (non-hydrogen) atoms. The lowest BCUT2D eigenvalue weighted by atomic mass is 9.83. The van der Waals surface area contributed by atoms with Gasteiger partial charge in [-0.2, -0.15) is 0 Å². The second-order valence-corrected chi connectivity index (χ2v) is 5.67. The molecule has 0 aliphatic heterocycles. The van der Waals surface area contributed by atoms with Crippen LogP contribution in [-0.2, 0) is 9.59 Å². The predicted octanol–water partition coefficient (Wildman–Crippen LogP) is 3.31. The van der Waals surface area contributed by atoms with Crippen LogP contribution in [0.25, 0.3) is 0 Å². The molecule has 1 atom stereocenters. The molecule has 1 unspecified atom stereocenters. The summed E-state index contributed by atoms with van der Waals surface area (Å²) in [5.74, 6) is -1.33. The lowest BCUT2D eigenvalue weighted by molar-refractivity contribution is -0.147. The molecule has 0 aromatic heterocycles. The summed E-state index contributed by atoms with van der Waals surface area (Å²) in [6.07, 6.45) is 1.72. The van der Waals surface area contributed by atoms with E-state index in [-0.39, 0.29) is 17.7 Å². The molecule has 0 bridgehead atoms. The Labute approximate surface area is 146 Å². The number of rotatable bonds is 9. The van der Waals surface area contributed by atoms with Gasteiger partial charge in [0.15, 0.2) is 0 Å². The van der Waals surface area contributed by atoms with Crippen LogP contribution < -0.4 is 0 Å². The van der Waals surface area contributed by atoms with Crippen molar-refractivity contribution in [2.45, 2.75) is 33.6 Å². The number of carbonyl (C=O) groups excluding carboxylic acids is 2. The fraction of sp³-hybridized carbons (Fsp3) is 0.500. The van der Waals surface area contributed by atoms with Crippen LogP contribution in [-0.4, -0.2) is 47.8 Å². The molecule has 0 aliphatic rings. The van der Waals surface area contributed by atoms with Crippen molar-refractivity contribution in [1.29, 1.82) is 0 Å². The highest BCUT2D eigenvalue weighted by Crippen LogP contribution is 2.29. The molecule has 0 N–H and O–H groups in total. The van der Waals surface area contributed by atoms with E-state index < -0.39 is 5.92 Å². The van der Waals surface area contributed by atoms with Crippen LogP contribution in [0.3, 0.4) is 0 Å². The smallest absolute Gasteiger partial charge is 0.236 e. The molecular weight excluding hydrogens is 300 g/mol. The van der Waals surface area contributed by atoms with Crippen molar-refractivity contribution >= 4 is 11.8 Å². The molecule has 0 saturated heterocycles. The number of allylic oxidation sites excluding steroid dienone is 1. The molecular formula is C20H30N2O2. The summed E-state index contributed by atoms with van der Waals surface area (Å²) in [7, 11) is 0. The predicted molar refractivity (Wildman–Crippen MR) is 98.7 cm³/mol. The molecule has 0 fully saturated rings. The Kier molecular flexibility index (Phi) is 8.24. The number of benzene rings is 1. The van der Waals surface area contributed by atoms with E-state index >= 15 is 0 Å². The average Bonchev–Trinajstić information content (AvgIpc) is 2.62. The van der Waals surface area contributed by atoms with Crippen molar-refractivity contribution in [2.24, 2.45) is 5.92 Å². The van der Waals surface area contributed by atoms with Crippen molar-refractivity contribution in [2.75, 3.05) is 26.2 Å². The second kappa shape index (κ2) is 9.91. The van der Waals surface area contributed by atoms with Gasteiger partial charge >= 0.3 is 0 Å². The maximum Gasteiger partial charge on any atom is 0.236 e. The summed E-state index contributed by atoms with van der Waals surface area (Å²) >= 11 is 0. The number of amides is 2. The molecule has 2 amide bonds. The minimum Gasteiger partial charge on any atom is -0.343 e. The molecule has 4 nitrogen and oxygen atoms in total. The van der Waals surface area contributed by atoms with Crippen LogP contribution in [0.15, 0.2) is 43.0 Å². The molecule has 0 aliphatic carbocycles. The first-order valence-electron chi connectivity index (χ1n) is 8.80. The number of carbonyl (C=O) groups is 2. The second-order valence-electron chi connectivity index (χ2n) is 5.67. The van der Waals surface area contributed by atoms with E-state index in [1.807, 2.05) is 58.0 Å². The molecule has 132 valence electrons. The standard InChI is InChI=1S/C20H30N2O2/c1-6-17(16-14-12-11-13-15-16)18(19(23)21(7-2)8-3)20(24)22(9-4)10-5/h6,11-15,17-18H,1,7-10H2,2-5H3. The van der Waals surface area contributed by atoms with Crippen molar-refractivity contribution in [1.82, 2.24) is 9.80 Å². The van der Waals surface area contributed by atoms with Gasteiger partial charge < -0.3 is 9.80 Å². The van der Waals surface area contributed by atoms with E-state index in [1.165, 1.54) is 0 Å². The topological polar surface area (TPSA) is 40.6 Å². The Morgan fingerprint density at radius 1 is 0.917 bits per heavy atom. The van der Waals surface area contributed by atoms with E-state index in [1.54, 1.807) is 15.9 Å². The van der Waals surface area contributed by atoms with Crippen LogP contribution >= 0.6 is 0 Å². The Bertz CT molecular complexity index is 510. The van der Waals surface area contributed by atoms with Gasteiger partial charge in [-0.05, 0) is 33.3 Å². The zero-order chi connectivity index (χ0) is 18.1. The van der Waals surface area contributed by atoms with E-state index in [9.17, 15) is 9.59 Å². The minimum atomic E-state index is -0.760. The molecule has 0 saturated carbocycles. The van der Waals surface area contributed by atoms with Gasteiger partial charge in [-0.1, -0.05) is 36.4 Å². The molecule has 1 aromatic rings. The molecule has 1 rings (SSSR count). The van der Waals surface area contributed by atoms with Crippen LogP contribution in [0.5, 0.6) is 0 Å². The highest BCUT2D eigenvalue weighted by molar-refractivity contribution is 6.01. The number of hydrogen-bond acceptors (Lipinski definition) is 2. The van der Waals surface area contributed by atoms with E-state index in [0.717, 1.165) is 5.56 Å².